The second-order valence-electron chi connectivity index (χ2n) is 10.9. The van der Waals surface area contributed by atoms with E-state index in [0.29, 0.717) is 12.8 Å². The van der Waals surface area contributed by atoms with E-state index < -0.39 is 6.04 Å². The van der Waals surface area contributed by atoms with Crippen LogP contribution in [0.15, 0.2) is 90.1 Å². The number of hydrogen-bond donors (Lipinski definition) is 1. The fourth-order valence-corrected chi connectivity index (χ4v) is 6.24. The van der Waals surface area contributed by atoms with Gasteiger partial charge in [-0.05, 0) is 68.0 Å². The van der Waals surface area contributed by atoms with Crippen molar-refractivity contribution < 1.29 is 9.59 Å². The second-order valence-corrected chi connectivity index (χ2v) is 10.9. The first-order valence-electron chi connectivity index (χ1n) is 14.9. The summed E-state index contributed by atoms with van der Waals surface area (Å²) in [5.41, 5.74) is 6.72. The number of benzene rings is 3. The van der Waals surface area contributed by atoms with Gasteiger partial charge in [0.25, 0.3) is 0 Å². The Morgan fingerprint density at radius 2 is 1.55 bits per heavy atom. The van der Waals surface area contributed by atoms with Crippen LogP contribution in [0.5, 0.6) is 0 Å². The molecule has 0 fully saturated rings. The first-order chi connectivity index (χ1) is 19.5. The molecule has 0 spiro atoms. The molecule has 5 heteroatoms. The predicted molar refractivity (Wildman–Crippen MR) is 165 cm³/mol. The molecule has 0 unspecified atom stereocenters. The number of rotatable bonds is 9. The SMILES string of the molecule is CCCCCC(=O)N1c2ccccc2NC2=C(C(=O)C[C@H](c3ccc(N(CC)CC)cc3)C2)[C@@H]1c1ccccc1. The van der Waals surface area contributed by atoms with Crippen LogP contribution in [0.3, 0.4) is 0 Å². The van der Waals surface area contributed by atoms with E-state index >= 15 is 0 Å². The zero-order chi connectivity index (χ0) is 28.1. The number of nitrogens with one attached hydrogen (secondary N) is 1. The van der Waals surface area contributed by atoms with E-state index in [1.165, 1.54) is 11.3 Å². The van der Waals surface area contributed by atoms with E-state index in [0.717, 1.165) is 67.0 Å². The minimum absolute atomic E-state index is 0.0622. The molecule has 3 aromatic carbocycles. The minimum Gasteiger partial charge on any atom is -0.372 e. The van der Waals surface area contributed by atoms with Gasteiger partial charge in [-0.2, -0.15) is 0 Å². The van der Waals surface area contributed by atoms with Crippen LogP contribution in [-0.2, 0) is 9.59 Å². The highest BCUT2D eigenvalue weighted by atomic mass is 16.2. The van der Waals surface area contributed by atoms with E-state index in [1.807, 2.05) is 59.5 Å². The van der Waals surface area contributed by atoms with Gasteiger partial charge in [-0.25, -0.2) is 0 Å². The topological polar surface area (TPSA) is 52.7 Å². The van der Waals surface area contributed by atoms with E-state index in [2.05, 4.69) is 55.3 Å². The molecule has 2 aliphatic rings. The normalized spacial score (nSPS) is 18.5. The van der Waals surface area contributed by atoms with E-state index in [4.69, 9.17) is 0 Å². The highest BCUT2D eigenvalue weighted by molar-refractivity contribution is 6.06. The Morgan fingerprint density at radius 3 is 2.25 bits per heavy atom. The summed E-state index contributed by atoms with van der Waals surface area (Å²) in [6.45, 7) is 8.41. The van der Waals surface area contributed by atoms with Gasteiger partial charge >= 0.3 is 0 Å². The maximum absolute atomic E-state index is 14.2. The molecule has 0 aromatic heterocycles. The first-order valence-corrected chi connectivity index (χ1v) is 14.9. The van der Waals surface area contributed by atoms with Crippen LogP contribution in [-0.4, -0.2) is 24.8 Å². The number of para-hydroxylation sites is 2. The molecule has 2 atom stereocenters. The molecule has 40 heavy (non-hydrogen) atoms. The summed E-state index contributed by atoms with van der Waals surface area (Å²) in [5.74, 6) is 0.256. The number of hydrogen-bond acceptors (Lipinski definition) is 4. The quantitative estimate of drug-likeness (QED) is 0.282. The van der Waals surface area contributed by atoms with Crippen molar-refractivity contribution in [2.45, 2.75) is 71.3 Å². The Kier molecular flexibility index (Phi) is 8.69. The number of ketones is 1. The molecule has 5 nitrogen and oxygen atoms in total. The summed E-state index contributed by atoms with van der Waals surface area (Å²) in [6, 6.07) is 26.3. The van der Waals surface area contributed by atoms with Gasteiger partial charge in [0.05, 0.1) is 17.4 Å². The summed E-state index contributed by atoms with van der Waals surface area (Å²) >= 11 is 0. The number of Topliss-reactive ketones (excluding diaryl/α,β-unsaturated/α-hetero) is 1. The highest BCUT2D eigenvalue weighted by Gasteiger charge is 2.41. The van der Waals surface area contributed by atoms with Crippen LogP contribution in [0.4, 0.5) is 17.1 Å². The molecule has 1 aliphatic heterocycles. The summed E-state index contributed by atoms with van der Waals surface area (Å²) < 4.78 is 0. The van der Waals surface area contributed by atoms with Gasteiger partial charge in [-0.3, -0.25) is 14.5 Å². The molecule has 3 aromatic rings. The number of nitrogens with zero attached hydrogens (tertiary/aromatic N) is 2. The van der Waals surface area contributed by atoms with Gasteiger partial charge in [-0.15, -0.1) is 0 Å². The van der Waals surface area contributed by atoms with Crippen LogP contribution in [0, 0.1) is 0 Å². The Morgan fingerprint density at radius 1 is 0.850 bits per heavy atom. The smallest absolute Gasteiger partial charge is 0.227 e. The van der Waals surface area contributed by atoms with E-state index in [1.54, 1.807) is 0 Å². The summed E-state index contributed by atoms with van der Waals surface area (Å²) in [5, 5.41) is 3.65. The third-order valence-electron chi connectivity index (χ3n) is 8.36. The average molecular weight is 536 g/mol. The second kappa shape index (κ2) is 12.5. The zero-order valence-corrected chi connectivity index (χ0v) is 24.0. The van der Waals surface area contributed by atoms with Gasteiger partial charge in [0.15, 0.2) is 5.78 Å². The number of amides is 1. The third-order valence-corrected chi connectivity index (χ3v) is 8.36. The van der Waals surface area contributed by atoms with Crippen LogP contribution in [0.1, 0.15) is 82.4 Å². The van der Waals surface area contributed by atoms with Crippen LogP contribution >= 0.6 is 0 Å². The van der Waals surface area contributed by atoms with Crippen molar-refractivity contribution in [2.75, 3.05) is 28.2 Å². The van der Waals surface area contributed by atoms with E-state index in [9.17, 15) is 9.59 Å². The van der Waals surface area contributed by atoms with Crippen molar-refractivity contribution in [3.05, 3.63) is 101 Å². The zero-order valence-electron chi connectivity index (χ0n) is 24.0. The molecule has 1 aliphatic carbocycles. The van der Waals surface area contributed by atoms with Crippen molar-refractivity contribution in [1.29, 1.82) is 0 Å². The Labute approximate surface area is 238 Å². The first kappa shape index (κ1) is 27.7. The number of fused-ring (bicyclic) bond motifs is 1. The molecule has 0 bridgehead atoms. The fraction of sp³-hybridized carbons (Fsp3) is 0.371. The summed E-state index contributed by atoms with van der Waals surface area (Å²) in [7, 11) is 0. The number of anilines is 3. The number of carbonyl (C=O) groups excluding carboxylic acids is 2. The van der Waals surface area contributed by atoms with Crippen molar-refractivity contribution in [2.24, 2.45) is 0 Å². The predicted octanol–water partition coefficient (Wildman–Crippen LogP) is 8.01. The molecule has 1 heterocycles. The van der Waals surface area contributed by atoms with Crippen molar-refractivity contribution >= 4 is 28.8 Å². The molecule has 0 saturated heterocycles. The van der Waals surface area contributed by atoms with Crippen molar-refractivity contribution in [1.82, 2.24) is 0 Å². The lowest BCUT2D eigenvalue weighted by Crippen LogP contribution is -2.38. The van der Waals surface area contributed by atoms with Gasteiger partial charge in [0, 0.05) is 42.9 Å². The Hall–Kier alpha value is -3.86. The highest BCUT2D eigenvalue weighted by Crippen LogP contribution is 2.47. The van der Waals surface area contributed by atoms with Gasteiger partial charge < -0.3 is 10.2 Å². The summed E-state index contributed by atoms with van der Waals surface area (Å²) in [6.07, 6.45) is 4.53. The van der Waals surface area contributed by atoms with Gasteiger partial charge in [0.1, 0.15) is 0 Å². The summed E-state index contributed by atoms with van der Waals surface area (Å²) in [4.78, 5) is 32.3. The molecular weight excluding hydrogens is 494 g/mol. The fourth-order valence-electron chi connectivity index (χ4n) is 6.24. The molecule has 208 valence electrons. The number of unbranched alkanes of at least 4 members (excludes halogenated alkanes) is 2. The van der Waals surface area contributed by atoms with Crippen LogP contribution in [0.2, 0.25) is 0 Å². The maximum atomic E-state index is 14.2. The molecule has 1 amide bonds. The monoisotopic (exact) mass is 535 g/mol. The molecule has 0 radical (unpaired) electrons. The third kappa shape index (κ3) is 5.56. The lowest BCUT2D eigenvalue weighted by Gasteiger charge is -2.35. The van der Waals surface area contributed by atoms with Crippen molar-refractivity contribution in [3.63, 3.8) is 0 Å². The van der Waals surface area contributed by atoms with Gasteiger partial charge in [0.2, 0.25) is 5.91 Å². The molecular formula is C35H41N3O2. The van der Waals surface area contributed by atoms with Gasteiger partial charge in [-0.1, -0.05) is 74.4 Å². The molecule has 0 saturated carbocycles. The Bertz CT molecular complexity index is 1360. The van der Waals surface area contributed by atoms with Crippen molar-refractivity contribution in [3.8, 4) is 0 Å². The van der Waals surface area contributed by atoms with E-state index in [-0.39, 0.29) is 17.6 Å². The average Bonchev–Trinajstić information content (AvgIpc) is 3.13. The molecule has 5 rings (SSSR count). The lowest BCUT2D eigenvalue weighted by molar-refractivity contribution is -0.119. The number of allylic oxidation sites excluding steroid dienone is 1. The van der Waals surface area contributed by atoms with Crippen LogP contribution in [0.25, 0.3) is 0 Å². The Balaban J connectivity index is 1.57. The molecule has 1 N–H and O–H groups in total. The lowest BCUT2D eigenvalue weighted by atomic mass is 9.78. The number of carbonyl (C=O) groups is 2. The van der Waals surface area contributed by atoms with Crippen LogP contribution < -0.4 is 15.1 Å². The maximum Gasteiger partial charge on any atom is 0.227 e. The largest absolute Gasteiger partial charge is 0.372 e. The standard InChI is InChI=1S/C35H41N3O2/c1-4-7-9-18-33(40)38-31-17-13-12-16-29(31)36-30-23-27(25-19-21-28(22-20-25)37(5-2)6-3)24-32(39)34(30)35(38)26-14-10-8-11-15-26/h8,10-17,19-22,27,35-36H,4-7,9,18,23-24H2,1-3H3/t27-,35+/m1/s1. The minimum atomic E-state index is -0.458.